The highest BCUT2D eigenvalue weighted by Gasteiger charge is 2.23. The molecule has 24 heavy (non-hydrogen) atoms. The molecule has 0 spiro atoms. The molecule has 0 aliphatic carbocycles. The molecule has 0 radical (unpaired) electrons. The standard InChI is InChI=1S/C13H21N7O3S/c1-19-10-11(18-13(19)21)15-8-16-12(10)20-6-3-9(4-7-20)2-5-17-24(14,22)23/h8-9,17H,2-7H2,1H3,(H2,14,22,23)(H,15,16,18,21). The van der Waals surface area contributed by atoms with Gasteiger partial charge in [-0.1, -0.05) is 0 Å². The Morgan fingerprint density at radius 3 is 2.75 bits per heavy atom. The zero-order chi connectivity index (χ0) is 17.3. The summed E-state index contributed by atoms with van der Waals surface area (Å²) in [6, 6.07) is 0. The maximum Gasteiger partial charge on any atom is 0.327 e. The van der Waals surface area contributed by atoms with E-state index < -0.39 is 10.2 Å². The van der Waals surface area contributed by atoms with Gasteiger partial charge in [-0.3, -0.25) is 9.55 Å². The molecule has 0 atom stereocenters. The van der Waals surface area contributed by atoms with Gasteiger partial charge in [0.25, 0.3) is 10.2 Å². The van der Waals surface area contributed by atoms with Gasteiger partial charge in [0.2, 0.25) is 0 Å². The van der Waals surface area contributed by atoms with Crippen molar-refractivity contribution in [2.75, 3.05) is 24.5 Å². The van der Waals surface area contributed by atoms with Crippen LogP contribution in [0.2, 0.25) is 0 Å². The molecule has 1 fully saturated rings. The lowest BCUT2D eigenvalue weighted by molar-refractivity contribution is 0.381. The van der Waals surface area contributed by atoms with Crippen LogP contribution in [0.5, 0.6) is 0 Å². The number of hydrogen-bond acceptors (Lipinski definition) is 6. The maximum absolute atomic E-state index is 11.8. The van der Waals surface area contributed by atoms with E-state index >= 15 is 0 Å². The summed E-state index contributed by atoms with van der Waals surface area (Å²) in [4.78, 5) is 25.1. The molecule has 1 aliphatic heterocycles. The first-order chi connectivity index (χ1) is 11.3. The average Bonchev–Trinajstić information content (AvgIpc) is 2.82. The van der Waals surface area contributed by atoms with E-state index in [0.717, 1.165) is 38.2 Å². The molecule has 10 nitrogen and oxygen atoms in total. The lowest BCUT2D eigenvalue weighted by atomic mass is 9.93. The minimum absolute atomic E-state index is 0.212. The number of nitrogens with two attached hydrogens (primary N) is 1. The average molecular weight is 355 g/mol. The molecule has 2 aromatic heterocycles. The number of H-pyrrole nitrogens is 1. The fraction of sp³-hybridized carbons (Fsp3) is 0.615. The van der Waals surface area contributed by atoms with Gasteiger partial charge in [-0.25, -0.2) is 24.6 Å². The van der Waals surface area contributed by atoms with Crippen LogP contribution in [0.25, 0.3) is 11.2 Å². The number of imidazole rings is 1. The number of nitrogens with one attached hydrogen (secondary N) is 2. The largest absolute Gasteiger partial charge is 0.355 e. The molecule has 2 aromatic rings. The van der Waals surface area contributed by atoms with E-state index in [4.69, 9.17) is 5.14 Å². The molecule has 1 saturated heterocycles. The quantitative estimate of drug-likeness (QED) is 0.632. The Hall–Kier alpha value is -1.98. The SMILES string of the molecule is Cn1c(=O)[nH]c2ncnc(N3CCC(CCNS(N)(=O)=O)CC3)c21. The normalized spacial score (nSPS) is 16.8. The molecule has 1 aliphatic rings. The van der Waals surface area contributed by atoms with E-state index in [1.54, 1.807) is 7.05 Å². The van der Waals surface area contributed by atoms with Crippen LogP contribution in [-0.2, 0) is 17.3 Å². The van der Waals surface area contributed by atoms with Gasteiger partial charge in [0.15, 0.2) is 11.5 Å². The highest BCUT2D eigenvalue weighted by atomic mass is 32.2. The van der Waals surface area contributed by atoms with Crippen LogP contribution in [0.15, 0.2) is 11.1 Å². The zero-order valence-electron chi connectivity index (χ0n) is 13.4. The Labute approximate surface area is 139 Å². The van der Waals surface area contributed by atoms with E-state index in [9.17, 15) is 13.2 Å². The molecular formula is C13H21N7O3S. The number of aryl methyl sites for hydroxylation is 1. The van der Waals surface area contributed by atoms with Crippen molar-refractivity contribution in [2.24, 2.45) is 18.1 Å². The first-order valence-electron chi connectivity index (χ1n) is 7.77. The molecule has 0 saturated carbocycles. The lowest BCUT2D eigenvalue weighted by Crippen LogP contribution is -2.37. The highest BCUT2D eigenvalue weighted by Crippen LogP contribution is 2.27. The van der Waals surface area contributed by atoms with Crippen LogP contribution in [0.4, 0.5) is 5.82 Å². The van der Waals surface area contributed by atoms with Crippen LogP contribution in [0.3, 0.4) is 0 Å². The van der Waals surface area contributed by atoms with E-state index in [0.29, 0.717) is 23.6 Å². The van der Waals surface area contributed by atoms with Gasteiger partial charge in [-0.05, 0) is 25.2 Å². The number of aromatic nitrogens is 4. The summed E-state index contributed by atoms with van der Waals surface area (Å²) in [5.41, 5.74) is 1.03. The van der Waals surface area contributed by atoms with Crippen molar-refractivity contribution in [1.29, 1.82) is 0 Å². The highest BCUT2D eigenvalue weighted by molar-refractivity contribution is 7.87. The molecular weight excluding hydrogens is 334 g/mol. The Morgan fingerprint density at radius 2 is 2.08 bits per heavy atom. The molecule has 11 heteroatoms. The number of piperidine rings is 1. The predicted octanol–water partition coefficient (Wildman–Crippen LogP) is -0.944. The molecule has 0 amide bonds. The number of fused-ring (bicyclic) bond motifs is 1. The van der Waals surface area contributed by atoms with E-state index in [1.807, 2.05) is 0 Å². The Kier molecular flexibility index (Phi) is 4.56. The monoisotopic (exact) mass is 355 g/mol. The van der Waals surface area contributed by atoms with Crippen molar-refractivity contribution in [3.63, 3.8) is 0 Å². The molecule has 3 heterocycles. The minimum Gasteiger partial charge on any atom is -0.355 e. The predicted molar refractivity (Wildman–Crippen MR) is 89.8 cm³/mol. The first-order valence-corrected chi connectivity index (χ1v) is 9.32. The number of hydrogen-bond donors (Lipinski definition) is 3. The van der Waals surface area contributed by atoms with Crippen LogP contribution < -0.4 is 20.5 Å². The molecule has 0 unspecified atom stereocenters. The van der Waals surface area contributed by atoms with Crippen LogP contribution in [-0.4, -0.2) is 47.6 Å². The van der Waals surface area contributed by atoms with E-state index in [1.165, 1.54) is 10.9 Å². The third kappa shape index (κ3) is 3.57. The Bertz CT molecular complexity index is 881. The molecule has 4 N–H and O–H groups in total. The van der Waals surface area contributed by atoms with E-state index in [2.05, 4.69) is 24.6 Å². The fourth-order valence-corrected chi connectivity index (χ4v) is 3.53. The van der Waals surface area contributed by atoms with Gasteiger partial charge in [-0.15, -0.1) is 0 Å². The zero-order valence-corrected chi connectivity index (χ0v) is 14.2. The van der Waals surface area contributed by atoms with Crippen LogP contribution >= 0.6 is 0 Å². The van der Waals surface area contributed by atoms with Crippen molar-refractivity contribution in [2.45, 2.75) is 19.3 Å². The first kappa shape index (κ1) is 16.9. The maximum atomic E-state index is 11.8. The molecule has 0 bridgehead atoms. The summed E-state index contributed by atoms with van der Waals surface area (Å²) in [7, 11) is -1.92. The summed E-state index contributed by atoms with van der Waals surface area (Å²) in [6.07, 6.45) is 4.06. The van der Waals surface area contributed by atoms with Gasteiger partial charge in [0.05, 0.1) is 0 Å². The number of rotatable bonds is 5. The third-order valence-corrected chi connectivity index (χ3v) is 5.04. The van der Waals surface area contributed by atoms with Crippen molar-refractivity contribution in [3.05, 3.63) is 16.8 Å². The number of anilines is 1. The summed E-state index contributed by atoms with van der Waals surface area (Å²) in [5, 5.41) is 4.93. The second-order valence-electron chi connectivity index (χ2n) is 6.04. The fourth-order valence-electron chi connectivity index (χ4n) is 3.13. The summed E-state index contributed by atoms with van der Waals surface area (Å²) in [5.74, 6) is 1.19. The molecule has 3 rings (SSSR count). The smallest absolute Gasteiger partial charge is 0.327 e. The second kappa shape index (κ2) is 6.49. The van der Waals surface area contributed by atoms with Crippen LogP contribution in [0.1, 0.15) is 19.3 Å². The number of nitrogens with zero attached hydrogens (tertiary/aromatic N) is 4. The van der Waals surface area contributed by atoms with Gasteiger partial charge in [0, 0.05) is 26.7 Å². The van der Waals surface area contributed by atoms with Crippen molar-refractivity contribution >= 4 is 27.2 Å². The Morgan fingerprint density at radius 1 is 1.38 bits per heavy atom. The van der Waals surface area contributed by atoms with Gasteiger partial charge < -0.3 is 4.90 Å². The topological polar surface area (TPSA) is 139 Å². The van der Waals surface area contributed by atoms with Crippen LogP contribution in [0, 0.1) is 5.92 Å². The van der Waals surface area contributed by atoms with Gasteiger partial charge in [0.1, 0.15) is 11.8 Å². The van der Waals surface area contributed by atoms with Crippen molar-refractivity contribution < 1.29 is 8.42 Å². The Balaban J connectivity index is 1.66. The summed E-state index contributed by atoms with van der Waals surface area (Å²) in [6.45, 7) is 1.95. The van der Waals surface area contributed by atoms with Crippen molar-refractivity contribution in [1.82, 2.24) is 24.2 Å². The van der Waals surface area contributed by atoms with Gasteiger partial charge >= 0.3 is 5.69 Å². The molecule has 132 valence electrons. The van der Waals surface area contributed by atoms with Crippen molar-refractivity contribution in [3.8, 4) is 0 Å². The van der Waals surface area contributed by atoms with E-state index in [-0.39, 0.29) is 5.69 Å². The molecule has 0 aromatic carbocycles. The third-order valence-electron chi connectivity index (χ3n) is 4.44. The summed E-state index contributed by atoms with van der Waals surface area (Å²) >= 11 is 0. The second-order valence-corrected chi connectivity index (χ2v) is 7.42. The summed E-state index contributed by atoms with van der Waals surface area (Å²) < 4.78 is 25.6. The minimum atomic E-state index is -3.62. The number of aromatic amines is 1. The lowest BCUT2D eigenvalue weighted by Gasteiger charge is -2.33. The van der Waals surface area contributed by atoms with Gasteiger partial charge in [-0.2, -0.15) is 8.42 Å².